The van der Waals surface area contributed by atoms with E-state index in [2.05, 4.69) is 5.32 Å². The Balaban J connectivity index is 1.88. The van der Waals surface area contributed by atoms with E-state index in [0.29, 0.717) is 22.0 Å². The maximum atomic E-state index is 13.6. The highest BCUT2D eigenvalue weighted by molar-refractivity contribution is 6.46. The van der Waals surface area contributed by atoms with Crippen molar-refractivity contribution in [2.45, 2.75) is 20.8 Å². The van der Waals surface area contributed by atoms with Gasteiger partial charge in [0.2, 0.25) is 0 Å². The zero-order chi connectivity index (χ0) is 23.9. The summed E-state index contributed by atoms with van der Waals surface area (Å²) < 4.78 is 0. The minimum absolute atomic E-state index is 0.0834. The normalized spacial score (nSPS) is 13.6. The Morgan fingerprint density at radius 2 is 1.64 bits per heavy atom. The molecular weight excluding hydrogens is 442 g/mol. The summed E-state index contributed by atoms with van der Waals surface area (Å²) in [6.45, 7) is 5.51. The van der Waals surface area contributed by atoms with Crippen molar-refractivity contribution in [3.63, 3.8) is 0 Å². The van der Waals surface area contributed by atoms with E-state index in [1.54, 1.807) is 31.2 Å². The number of amides is 2. The number of imide groups is 1. The number of nitrogens with one attached hydrogen (secondary N) is 1. The molecule has 166 valence electrons. The molecule has 2 amide bonds. The molecule has 1 N–H and O–H groups in total. The molecule has 0 aromatic heterocycles. The highest BCUT2D eigenvalue weighted by Gasteiger charge is 2.41. The third-order valence-corrected chi connectivity index (χ3v) is 5.99. The predicted molar refractivity (Wildman–Crippen MR) is 128 cm³/mol. The Bertz CT molecular complexity index is 1350. The maximum Gasteiger partial charge on any atom is 0.282 e. The second kappa shape index (κ2) is 8.52. The van der Waals surface area contributed by atoms with Crippen LogP contribution in [-0.2, 0) is 9.59 Å². The molecule has 0 atom stereocenters. The molecule has 4 rings (SSSR count). The van der Waals surface area contributed by atoms with Crippen LogP contribution in [0.25, 0.3) is 5.57 Å². The largest absolute Gasteiger partial charge is 0.350 e. The number of halogens is 1. The summed E-state index contributed by atoms with van der Waals surface area (Å²) in [6.07, 6.45) is 0. The molecule has 0 radical (unpaired) electrons. The van der Waals surface area contributed by atoms with Crippen LogP contribution in [0.5, 0.6) is 0 Å². The van der Waals surface area contributed by atoms with Crippen LogP contribution in [0.3, 0.4) is 0 Å². The molecule has 7 nitrogen and oxygen atoms in total. The van der Waals surface area contributed by atoms with Gasteiger partial charge in [-0.05, 0) is 73.4 Å². The lowest BCUT2D eigenvalue weighted by Gasteiger charge is -2.18. The number of benzene rings is 3. The molecule has 3 aromatic rings. The monoisotopic (exact) mass is 461 g/mol. The average molecular weight is 462 g/mol. The fourth-order valence-electron chi connectivity index (χ4n) is 3.72. The fourth-order valence-corrected chi connectivity index (χ4v) is 3.89. The summed E-state index contributed by atoms with van der Waals surface area (Å²) in [5.41, 5.74) is 3.97. The van der Waals surface area contributed by atoms with Crippen LogP contribution in [0.1, 0.15) is 22.3 Å². The van der Waals surface area contributed by atoms with Gasteiger partial charge in [0, 0.05) is 22.8 Å². The van der Waals surface area contributed by atoms with Gasteiger partial charge in [0.15, 0.2) is 0 Å². The number of anilines is 2. The first-order valence-electron chi connectivity index (χ1n) is 10.2. The van der Waals surface area contributed by atoms with Crippen LogP contribution in [0, 0.1) is 30.9 Å². The molecule has 3 aromatic carbocycles. The minimum Gasteiger partial charge on any atom is -0.350 e. The van der Waals surface area contributed by atoms with Crippen LogP contribution in [0.15, 0.2) is 66.4 Å². The Morgan fingerprint density at radius 1 is 0.939 bits per heavy atom. The molecule has 0 fully saturated rings. The molecule has 0 spiro atoms. The lowest BCUT2D eigenvalue weighted by atomic mass is 10.0. The predicted octanol–water partition coefficient (Wildman–Crippen LogP) is 5.57. The number of rotatable bonds is 5. The molecule has 1 heterocycles. The van der Waals surface area contributed by atoms with Gasteiger partial charge in [0.25, 0.3) is 17.5 Å². The van der Waals surface area contributed by atoms with Gasteiger partial charge in [-0.15, -0.1) is 0 Å². The second-order valence-electron chi connectivity index (χ2n) is 7.83. The van der Waals surface area contributed by atoms with E-state index in [0.717, 1.165) is 21.6 Å². The number of hydrogen-bond acceptors (Lipinski definition) is 5. The molecule has 0 aliphatic carbocycles. The van der Waals surface area contributed by atoms with Gasteiger partial charge in [0.1, 0.15) is 5.70 Å². The lowest BCUT2D eigenvalue weighted by molar-refractivity contribution is -0.384. The van der Waals surface area contributed by atoms with Crippen molar-refractivity contribution in [2.75, 3.05) is 10.2 Å². The summed E-state index contributed by atoms with van der Waals surface area (Å²) in [6, 6.07) is 16.3. The molecule has 0 saturated carbocycles. The number of nitro groups is 1. The fraction of sp³-hybridized carbons (Fsp3) is 0.120. The van der Waals surface area contributed by atoms with Crippen LogP contribution in [-0.4, -0.2) is 16.7 Å². The maximum absolute atomic E-state index is 13.6. The average Bonchev–Trinajstić information content (AvgIpc) is 3.02. The van der Waals surface area contributed by atoms with Crippen molar-refractivity contribution in [1.82, 2.24) is 0 Å². The van der Waals surface area contributed by atoms with Crippen LogP contribution < -0.4 is 10.2 Å². The SMILES string of the molecule is Cc1ccc(C)c(N2C(=O)C(Nc3cccc(Cl)c3C)=C(c3ccc([N+](=O)[O-])cc3)C2=O)c1. The van der Waals surface area contributed by atoms with Gasteiger partial charge in [0.05, 0.1) is 16.2 Å². The third kappa shape index (κ3) is 3.99. The number of carbonyl (C=O) groups is 2. The summed E-state index contributed by atoms with van der Waals surface area (Å²) in [4.78, 5) is 38.9. The van der Waals surface area contributed by atoms with Gasteiger partial charge >= 0.3 is 0 Å². The van der Waals surface area contributed by atoms with Crippen molar-refractivity contribution in [1.29, 1.82) is 0 Å². The first-order chi connectivity index (χ1) is 15.7. The van der Waals surface area contributed by atoms with E-state index in [9.17, 15) is 19.7 Å². The van der Waals surface area contributed by atoms with Crippen LogP contribution >= 0.6 is 11.6 Å². The number of aryl methyl sites for hydroxylation is 2. The minimum atomic E-state index is -0.517. The van der Waals surface area contributed by atoms with Gasteiger partial charge in [-0.3, -0.25) is 19.7 Å². The summed E-state index contributed by atoms with van der Waals surface area (Å²) in [7, 11) is 0. The molecule has 8 heteroatoms. The van der Waals surface area contributed by atoms with E-state index < -0.39 is 16.7 Å². The molecule has 0 saturated heterocycles. The van der Waals surface area contributed by atoms with Crippen molar-refractivity contribution in [2.24, 2.45) is 0 Å². The van der Waals surface area contributed by atoms with Gasteiger partial charge in [-0.1, -0.05) is 29.8 Å². The first-order valence-corrected chi connectivity index (χ1v) is 10.5. The number of carbonyl (C=O) groups excluding carboxylic acids is 2. The number of non-ortho nitro benzene ring substituents is 1. The van der Waals surface area contributed by atoms with Gasteiger partial charge in [-0.2, -0.15) is 0 Å². The van der Waals surface area contributed by atoms with Gasteiger partial charge in [-0.25, -0.2) is 4.90 Å². The van der Waals surface area contributed by atoms with Crippen LogP contribution in [0.2, 0.25) is 5.02 Å². The van der Waals surface area contributed by atoms with E-state index in [1.807, 2.05) is 26.0 Å². The molecule has 33 heavy (non-hydrogen) atoms. The van der Waals surface area contributed by atoms with Crippen molar-refractivity contribution < 1.29 is 14.5 Å². The number of hydrogen-bond donors (Lipinski definition) is 1. The van der Waals surface area contributed by atoms with Crippen LogP contribution in [0.4, 0.5) is 17.1 Å². The smallest absolute Gasteiger partial charge is 0.282 e. The Kier molecular flexibility index (Phi) is 5.74. The molecule has 1 aliphatic heterocycles. The molecule has 0 bridgehead atoms. The Hall–Kier alpha value is -3.97. The zero-order valence-electron chi connectivity index (χ0n) is 18.2. The molecule has 1 aliphatic rings. The topological polar surface area (TPSA) is 92.6 Å². The first kappa shape index (κ1) is 22.2. The quantitative estimate of drug-likeness (QED) is 0.304. The summed E-state index contributed by atoms with van der Waals surface area (Å²) >= 11 is 6.25. The highest BCUT2D eigenvalue weighted by Crippen LogP contribution is 2.37. The van der Waals surface area contributed by atoms with E-state index in [1.165, 1.54) is 24.3 Å². The zero-order valence-corrected chi connectivity index (χ0v) is 18.9. The van der Waals surface area contributed by atoms with Gasteiger partial charge < -0.3 is 5.32 Å². The molecule has 0 unspecified atom stereocenters. The Morgan fingerprint density at radius 3 is 2.30 bits per heavy atom. The lowest BCUT2D eigenvalue weighted by Crippen LogP contribution is -2.33. The summed E-state index contributed by atoms with van der Waals surface area (Å²) in [5.74, 6) is -1.02. The second-order valence-corrected chi connectivity index (χ2v) is 8.23. The highest BCUT2D eigenvalue weighted by atomic mass is 35.5. The Labute approximate surface area is 195 Å². The standard InChI is InChI=1S/C25H20ClN3O4/c1-14-7-8-15(2)21(13-14)28-24(30)22(17-9-11-18(12-10-17)29(32)33)23(25(28)31)27-20-6-4-5-19(26)16(20)3/h4-13,27H,1-3H3. The van der Waals surface area contributed by atoms with E-state index in [4.69, 9.17) is 11.6 Å². The molecular formula is C25H20ClN3O4. The number of nitro benzene ring substituents is 1. The third-order valence-electron chi connectivity index (χ3n) is 5.58. The van der Waals surface area contributed by atoms with E-state index in [-0.39, 0.29) is 17.0 Å². The summed E-state index contributed by atoms with van der Waals surface area (Å²) in [5, 5.41) is 14.7. The van der Waals surface area contributed by atoms with Crippen molar-refractivity contribution >= 4 is 46.1 Å². The van der Waals surface area contributed by atoms with Crippen molar-refractivity contribution in [3.05, 3.63) is 104 Å². The van der Waals surface area contributed by atoms with Crippen molar-refractivity contribution in [3.8, 4) is 0 Å². The van der Waals surface area contributed by atoms with E-state index >= 15 is 0 Å². The number of nitrogens with zero attached hydrogens (tertiary/aromatic N) is 2.